The first kappa shape index (κ1) is 12.7. The Hall–Kier alpha value is -0.330. The van der Waals surface area contributed by atoms with E-state index in [0.29, 0.717) is 0 Å². The number of aliphatic hydroxyl groups is 1. The summed E-state index contributed by atoms with van der Waals surface area (Å²) in [5.41, 5.74) is 0. The van der Waals surface area contributed by atoms with Gasteiger partial charge in [0.05, 0.1) is 26.4 Å². The van der Waals surface area contributed by atoms with Gasteiger partial charge in [0.15, 0.2) is 0 Å². The highest BCUT2D eigenvalue weighted by Gasteiger charge is 2.37. The number of nitrogens with zero attached hydrogens (tertiary/aromatic N) is 1. The molecule has 1 rings (SSSR count). The maximum Gasteiger partial charge on any atom is 0.401 e. The van der Waals surface area contributed by atoms with Crippen molar-refractivity contribution >= 4 is 0 Å². The van der Waals surface area contributed by atoms with Crippen molar-refractivity contribution in [1.29, 1.82) is 0 Å². The van der Waals surface area contributed by atoms with Gasteiger partial charge in [-0.1, -0.05) is 0 Å². The Kier molecular flexibility index (Phi) is 4.82. The van der Waals surface area contributed by atoms with E-state index >= 15 is 0 Å². The molecule has 0 saturated heterocycles. The second-order valence-corrected chi connectivity index (χ2v) is 3.65. The van der Waals surface area contributed by atoms with E-state index in [1.807, 2.05) is 0 Å². The van der Waals surface area contributed by atoms with Gasteiger partial charge in [-0.15, -0.1) is 0 Å². The topological polar surface area (TPSA) is 32.7 Å². The van der Waals surface area contributed by atoms with Gasteiger partial charge in [-0.3, -0.25) is 4.90 Å². The van der Waals surface area contributed by atoms with Gasteiger partial charge in [0.2, 0.25) is 0 Å². The Morgan fingerprint density at radius 1 is 1.27 bits per heavy atom. The van der Waals surface area contributed by atoms with Crippen molar-refractivity contribution in [2.45, 2.75) is 25.1 Å². The van der Waals surface area contributed by atoms with Crippen LogP contribution < -0.4 is 0 Å². The molecule has 1 aliphatic carbocycles. The third-order valence-electron chi connectivity index (χ3n) is 2.20. The highest BCUT2D eigenvalue weighted by Crippen LogP contribution is 2.29. The largest absolute Gasteiger partial charge is 0.401 e. The summed E-state index contributed by atoms with van der Waals surface area (Å²) >= 11 is 0. The second kappa shape index (κ2) is 5.67. The van der Waals surface area contributed by atoms with E-state index in [1.165, 1.54) is 4.90 Å². The number of hydrogen-bond donors (Lipinski definition) is 1. The SMILES string of the molecule is OCCOCCN(CC(F)(F)F)C1CC1. The summed E-state index contributed by atoms with van der Waals surface area (Å²) in [5.74, 6) is 0. The fraction of sp³-hybridized carbons (Fsp3) is 1.00. The molecule has 0 aromatic carbocycles. The molecule has 0 heterocycles. The Labute approximate surface area is 86.8 Å². The van der Waals surface area contributed by atoms with Crippen molar-refractivity contribution in [3.05, 3.63) is 0 Å². The third kappa shape index (κ3) is 5.96. The minimum atomic E-state index is -4.14. The van der Waals surface area contributed by atoms with Crippen LogP contribution >= 0.6 is 0 Å². The molecule has 1 saturated carbocycles. The van der Waals surface area contributed by atoms with Gasteiger partial charge in [-0.25, -0.2) is 0 Å². The highest BCUT2D eigenvalue weighted by atomic mass is 19.4. The summed E-state index contributed by atoms with van der Waals surface area (Å²) < 4.78 is 41.4. The molecule has 0 aromatic heterocycles. The normalized spacial score (nSPS) is 17.4. The van der Waals surface area contributed by atoms with E-state index in [1.54, 1.807) is 0 Å². The van der Waals surface area contributed by atoms with E-state index in [0.717, 1.165) is 12.8 Å². The molecule has 1 aliphatic rings. The van der Waals surface area contributed by atoms with Crippen LogP contribution in [-0.4, -0.2) is 55.1 Å². The van der Waals surface area contributed by atoms with Crippen LogP contribution in [0.15, 0.2) is 0 Å². The highest BCUT2D eigenvalue weighted by molar-refractivity contribution is 4.85. The van der Waals surface area contributed by atoms with Crippen LogP contribution in [0.5, 0.6) is 0 Å². The molecule has 0 spiro atoms. The Morgan fingerprint density at radius 3 is 2.40 bits per heavy atom. The molecule has 3 nitrogen and oxygen atoms in total. The van der Waals surface area contributed by atoms with Crippen LogP contribution in [0.1, 0.15) is 12.8 Å². The maximum atomic E-state index is 12.1. The number of ether oxygens (including phenoxy) is 1. The minimum Gasteiger partial charge on any atom is -0.394 e. The maximum absolute atomic E-state index is 12.1. The monoisotopic (exact) mass is 227 g/mol. The Morgan fingerprint density at radius 2 is 1.93 bits per heavy atom. The summed E-state index contributed by atoms with van der Waals surface area (Å²) in [4.78, 5) is 1.40. The average Bonchev–Trinajstić information content (AvgIpc) is 2.91. The molecular formula is C9H16F3NO2. The quantitative estimate of drug-likeness (QED) is 0.659. The predicted molar refractivity (Wildman–Crippen MR) is 48.6 cm³/mol. The summed E-state index contributed by atoms with van der Waals surface area (Å²) in [6.07, 6.45) is -2.45. The van der Waals surface area contributed by atoms with Crippen molar-refractivity contribution in [1.82, 2.24) is 4.90 Å². The van der Waals surface area contributed by atoms with Gasteiger partial charge in [-0.05, 0) is 12.8 Å². The molecule has 0 amide bonds. The van der Waals surface area contributed by atoms with Crippen LogP contribution in [0, 0.1) is 0 Å². The van der Waals surface area contributed by atoms with Gasteiger partial charge in [0.25, 0.3) is 0 Å². The van der Waals surface area contributed by atoms with Crippen LogP contribution in [0.4, 0.5) is 13.2 Å². The molecule has 0 aromatic rings. The van der Waals surface area contributed by atoms with Crippen molar-refractivity contribution in [3.8, 4) is 0 Å². The first-order valence-electron chi connectivity index (χ1n) is 5.02. The molecule has 1 fully saturated rings. The molecule has 0 aliphatic heterocycles. The van der Waals surface area contributed by atoms with E-state index in [4.69, 9.17) is 9.84 Å². The smallest absolute Gasteiger partial charge is 0.394 e. The molecule has 90 valence electrons. The van der Waals surface area contributed by atoms with Crippen LogP contribution in [0.3, 0.4) is 0 Å². The lowest BCUT2D eigenvalue weighted by atomic mass is 10.4. The summed E-state index contributed by atoms with van der Waals surface area (Å²) in [7, 11) is 0. The van der Waals surface area contributed by atoms with Crippen LogP contribution in [-0.2, 0) is 4.74 Å². The Balaban J connectivity index is 2.19. The van der Waals surface area contributed by atoms with Crippen molar-refractivity contribution < 1.29 is 23.0 Å². The zero-order valence-electron chi connectivity index (χ0n) is 8.46. The molecule has 0 atom stereocenters. The fourth-order valence-corrected chi connectivity index (χ4v) is 1.41. The lowest BCUT2D eigenvalue weighted by molar-refractivity contribution is -0.148. The van der Waals surface area contributed by atoms with E-state index in [9.17, 15) is 13.2 Å². The van der Waals surface area contributed by atoms with Gasteiger partial charge in [0.1, 0.15) is 0 Å². The minimum absolute atomic E-state index is 0.0735. The standard InChI is InChI=1S/C9H16F3NO2/c10-9(11,12)7-13(8-1-2-8)3-5-15-6-4-14/h8,14H,1-7H2. The number of alkyl halides is 3. The second-order valence-electron chi connectivity index (χ2n) is 3.65. The lowest BCUT2D eigenvalue weighted by Crippen LogP contribution is -2.38. The van der Waals surface area contributed by atoms with Gasteiger partial charge in [-0.2, -0.15) is 13.2 Å². The van der Waals surface area contributed by atoms with E-state index in [2.05, 4.69) is 0 Å². The zero-order chi connectivity index (χ0) is 11.3. The summed E-state index contributed by atoms with van der Waals surface area (Å²) in [6, 6.07) is 0.0735. The first-order valence-corrected chi connectivity index (χ1v) is 5.02. The first-order chi connectivity index (χ1) is 7.03. The number of aliphatic hydroxyl groups excluding tert-OH is 1. The number of halogens is 3. The van der Waals surface area contributed by atoms with Crippen LogP contribution in [0.2, 0.25) is 0 Å². The number of rotatable bonds is 7. The Bertz CT molecular complexity index is 183. The predicted octanol–water partition coefficient (Wildman–Crippen LogP) is 1.02. The fourth-order valence-electron chi connectivity index (χ4n) is 1.41. The van der Waals surface area contributed by atoms with Crippen molar-refractivity contribution in [2.24, 2.45) is 0 Å². The number of hydrogen-bond acceptors (Lipinski definition) is 3. The molecule has 6 heteroatoms. The van der Waals surface area contributed by atoms with Crippen molar-refractivity contribution in [3.63, 3.8) is 0 Å². The average molecular weight is 227 g/mol. The summed E-state index contributed by atoms with van der Waals surface area (Å²) in [5, 5.41) is 8.42. The molecule has 0 bridgehead atoms. The molecule has 15 heavy (non-hydrogen) atoms. The van der Waals surface area contributed by atoms with Gasteiger partial charge in [0, 0.05) is 12.6 Å². The molecule has 0 radical (unpaired) electrons. The van der Waals surface area contributed by atoms with Gasteiger partial charge < -0.3 is 9.84 Å². The lowest BCUT2D eigenvalue weighted by Gasteiger charge is -2.22. The molecule has 0 unspecified atom stereocenters. The molecular weight excluding hydrogens is 211 g/mol. The van der Waals surface area contributed by atoms with Crippen LogP contribution in [0.25, 0.3) is 0 Å². The van der Waals surface area contributed by atoms with Crippen molar-refractivity contribution in [2.75, 3.05) is 32.9 Å². The third-order valence-corrected chi connectivity index (χ3v) is 2.20. The summed E-state index contributed by atoms with van der Waals surface area (Å²) in [6.45, 7) is -0.245. The zero-order valence-corrected chi connectivity index (χ0v) is 8.46. The van der Waals surface area contributed by atoms with Gasteiger partial charge >= 0.3 is 6.18 Å². The van der Waals surface area contributed by atoms with E-state index < -0.39 is 12.7 Å². The van der Waals surface area contributed by atoms with E-state index in [-0.39, 0.29) is 32.4 Å². The molecule has 1 N–H and O–H groups in total.